The van der Waals surface area contributed by atoms with Crippen molar-refractivity contribution in [2.24, 2.45) is 0 Å². The predicted molar refractivity (Wildman–Crippen MR) is 52.1 cm³/mol. The van der Waals surface area contributed by atoms with Crippen LogP contribution in [-0.4, -0.2) is 37.0 Å². The van der Waals surface area contributed by atoms with Gasteiger partial charge in [-0.3, -0.25) is 4.79 Å². The van der Waals surface area contributed by atoms with E-state index in [1.54, 1.807) is 4.90 Å². The highest BCUT2D eigenvalue weighted by Gasteiger charge is 2.21. The van der Waals surface area contributed by atoms with E-state index >= 15 is 0 Å². The number of carbonyl (C=O) groups excluding carboxylic acids is 1. The van der Waals surface area contributed by atoms with Gasteiger partial charge in [0.1, 0.15) is 0 Å². The molecule has 1 atom stereocenters. The Morgan fingerprint density at radius 2 is 2.54 bits per heavy atom. The van der Waals surface area contributed by atoms with Crippen molar-refractivity contribution in [1.29, 1.82) is 0 Å². The number of nitrogens with zero attached hydrogens (tertiary/aromatic N) is 1. The van der Waals surface area contributed by atoms with Crippen LogP contribution in [0, 0.1) is 12.3 Å². The summed E-state index contributed by atoms with van der Waals surface area (Å²) in [5.74, 6) is 2.83. The number of hydrogen-bond acceptors (Lipinski definition) is 2. The SMILES string of the molecule is C#CCCNC1CCC(=O)N(C)C1. The van der Waals surface area contributed by atoms with Crippen LogP contribution in [0.4, 0.5) is 0 Å². The zero-order chi connectivity index (χ0) is 9.68. The Kier molecular flexibility index (Phi) is 3.78. The summed E-state index contributed by atoms with van der Waals surface area (Å²) >= 11 is 0. The monoisotopic (exact) mass is 180 g/mol. The van der Waals surface area contributed by atoms with Crippen molar-refractivity contribution >= 4 is 5.91 Å². The van der Waals surface area contributed by atoms with Crippen molar-refractivity contribution < 1.29 is 4.79 Å². The van der Waals surface area contributed by atoms with Crippen LogP contribution in [0.1, 0.15) is 19.3 Å². The normalized spacial score (nSPS) is 22.9. The Morgan fingerprint density at radius 3 is 3.15 bits per heavy atom. The number of piperidine rings is 1. The molecule has 0 aromatic heterocycles. The maximum absolute atomic E-state index is 11.1. The van der Waals surface area contributed by atoms with Crippen LogP contribution in [0.3, 0.4) is 0 Å². The van der Waals surface area contributed by atoms with Crippen molar-refractivity contribution in [2.75, 3.05) is 20.1 Å². The average molecular weight is 180 g/mol. The van der Waals surface area contributed by atoms with E-state index in [-0.39, 0.29) is 5.91 Å². The summed E-state index contributed by atoms with van der Waals surface area (Å²) in [6.45, 7) is 1.66. The van der Waals surface area contributed by atoms with E-state index in [0.717, 1.165) is 25.9 Å². The maximum Gasteiger partial charge on any atom is 0.222 e. The first-order valence-electron chi connectivity index (χ1n) is 4.65. The smallest absolute Gasteiger partial charge is 0.222 e. The van der Waals surface area contributed by atoms with Gasteiger partial charge in [-0.2, -0.15) is 0 Å². The van der Waals surface area contributed by atoms with Crippen molar-refractivity contribution in [2.45, 2.75) is 25.3 Å². The minimum atomic E-state index is 0.245. The fourth-order valence-electron chi connectivity index (χ4n) is 1.53. The molecule has 1 amide bonds. The summed E-state index contributed by atoms with van der Waals surface area (Å²) in [6, 6.07) is 0.427. The van der Waals surface area contributed by atoms with E-state index < -0.39 is 0 Å². The lowest BCUT2D eigenvalue weighted by atomic mass is 10.1. The van der Waals surface area contributed by atoms with Crippen molar-refractivity contribution in [3.63, 3.8) is 0 Å². The van der Waals surface area contributed by atoms with Gasteiger partial charge in [-0.15, -0.1) is 12.3 Å². The second-order valence-corrected chi connectivity index (χ2v) is 3.42. The molecule has 1 N–H and O–H groups in total. The molecule has 1 rings (SSSR count). The van der Waals surface area contributed by atoms with E-state index in [0.29, 0.717) is 12.5 Å². The molecule has 0 spiro atoms. The topological polar surface area (TPSA) is 32.3 Å². The Bertz CT molecular complexity index is 219. The molecule has 13 heavy (non-hydrogen) atoms. The summed E-state index contributed by atoms with van der Waals surface area (Å²) in [7, 11) is 1.84. The zero-order valence-corrected chi connectivity index (χ0v) is 8.05. The van der Waals surface area contributed by atoms with Crippen molar-refractivity contribution in [3.8, 4) is 12.3 Å². The molecule has 0 bridgehead atoms. The van der Waals surface area contributed by atoms with Crippen molar-refractivity contribution in [3.05, 3.63) is 0 Å². The predicted octanol–water partition coefficient (Wildman–Crippen LogP) is 0.220. The lowest BCUT2D eigenvalue weighted by molar-refractivity contribution is -0.132. The molecule has 3 heteroatoms. The molecule has 1 heterocycles. The standard InChI is InChI=1S/C10H16N2O/c1-3-4-7-11-9-5-6-10(13)12(2)8-9/h1,9,11H,4-8H2,2H3. The number of likely N-dealkylation sites (tertiary alicyclic amines) is 1. The summed E-state index contributed by atoms with van der Waals surface area (Å²) in [5, 5.41) is 3.34. The molecule has 0 aromatic rings. The number of terminal acetylenes is 1. The number of likely N-dealkylation sites (N-methyl/N-ethyl adjacent to an activating group) is 1. The van der Waals surface area contributed by atoms with Gasteiger partial charge in [0.05, 0.1) is 0 Å². The van der Waals surface area contributed by atoms with Gasteiger partial charge in [0.25, 0.3) is 0 Å². The van der Waals surface area contributed by atoms with Gasteiger partial charge in [0, 0.05) is 39.0 Å². The second kappa shape index (κ2) is 4.88. The van der Waals surface area contributed by atoms with Crippen LogP contribution in [0.15, 0.2) is 0 Å². The molecular weight excluding hydrogens is 164 g/mol. The molecular formula is C10H16N2O. The Hall–Kier alpha value is -1.01. The molecule has 72 valence electrons. The highest BCUT2D eigenvalue weighted by molar-refractivity contribution is 5.76. The van der Waals surface area contributed by atoms with Crippen LogP contribution >= 0.6 is 0 Å². The largest absolute Gasteiger partial charge is 0.344 e. The minimum Gasteiger partial charge on any atom is -0.344 e. The van der Waals surface area contributed by atoms with Crippen LogP contribution < -0.4 is 5.32 Å². The Morgan fingerprint density at radius 1 is 1.77 bits per heavy atom. The van der Waals surface area contributed by atoms with Gasteiger partial charge in [-0.25, -0.2) is 0 Å². The molecule has 1 saturated heterocycles. The number of hydrogen-bond donors (Lipinski definition) is 1. The molecule has 0 saturated carbocycles. The van der Waals surface area contributed by atoms with Crippen LogP contribution in [0.5, 0.6) is 0 Å². The van der Waals surface area contributed by atoms with E-state index in [9.17, 15) is 4.79 Å². The van der Waals surface area contributed by atoms with Crippen LogP contribution in [-0.2, 0) is 4.79 Å². The summed E-state index contributed by atoms with van der Waals surface area (Å²) in [6.07, 6.45) is 7.49. The molecule has 0 radical (unpaired) electrons. The highest BCUT2D eigenvalue weighted by atomic mass is 16.2. The van der Waals surface area contributed by atoms with Gasteiger partial charge < -0.3 is 10.2 Å². The summed E-state index contributed by atoms with van der Waals surface area (Å²) < 4.78 is 0. The Labute approximate surface area is 79.5 Å². The van der Waals surface area contributed by atoms with Gasteiger partial charge >= 0.3 is 0 Å². The quantitative estimate of drug-likeness (QED) is 0.498. The van der Waals surface area contributed by atoms with Gasteiger partial charge in [-0.1, -0.05) is 0 Å². The first kappa shape index (κ1) is 10.1. The first-order chi connectivity index (χ1) is 6.24. The lowest BCUT2D eigenvalue weighted by Crippen LogP contribution is -2.46. The van der Waals surface area contributed by atoms with E-state index in [2.05, 4.69) is 11.2 Å². The Balaban J connectivity index is 2.22. The van der Waals surface area contributed by atoms with Crippen LogP contribution in [0.25, 0.3) is 0 Å². The summed E-state index contributed by atoms with van der Waals surface area (Å²) in [5.41, 5.74) is 0. The third kappa shape index (κ3) is 3.08. The molecule has 1 unspecified atom stereocenters. The fraction of sp³-hybridized carbons (Fsp3) is 0.700. The third-order valence-corrected chi connectivity index (χ3v) is 2.33. The molecule has 1 fully saturated rings. The van der Waals surface area contributed by atoms with E-state index in [1.807, 2.05) is 7.05 Å². The van der Waals surface area contributed by atoms with Gasteiger partial charge in [0.15, 0.2) is 0 Å². The van der Waals surface area contributed by atoms with Crippen molar-refractivity contribution in [1.82, 2.24) is 10.2 Å². The molecule has 1 aliphatic heterocycles. The maximum atomic E-state index is 11.1. The minimum absolute atomic E-state index is 0.245. The van der Waals surface area contributed by atoms with Gasteiger partial charge in [0.2, 0.25) is 5.91 Å². The lowest BCUT2D eigenvalue weighted by Gasteiger charge is -2.30. The number of amides is 1. The molecule has 0 aliphatic carbocycles. The molecule has 1 aliphatic rings. The molecule has 0 aromatic carbocycles. The second-order valence-electron chi connectivity index (χ2n) is 3.42. The van der Waals surface area contributed by atoms with E-state index in [4.69, 9.17) is 6.42 Å². The number of carbonyl (C=O) groups is 1. The fourth-order valence-corrected chi connectivity index (χ4v) is 1.53. The number of rotatable bonds is 3. The molecule has 3 nitrogen and oxygen atoms in total. The third-order valence-electron chi connectivity index (χ3n) is 2.33. The highest BCUT2D eigenvalue weighted by Crippen LogP contribution is 2.09. The first-order valence-corrected chi connectivity index (χ1v) is 4.65. The zero-order valence-electron chi connectivity index (χ0n) is 8.05. The van der Waals surface area contributed by atoms with E-state index in [1.165, 1.54) is 0 Å². The summed E-state index contributed by atoms with van der Waals surface area (Å²) in [4.78, 5) is 12.9. The average Bonchev–Trinajstić information content (AvgIpc) is 2.12. The number of nitrogens with one attached hydrogen (secondary N) is 1. The van der Waals surface area contributed by atoms with Crippen LogP contribution in [0.2, 0.25) is 0 Å². The van der Waals surface area contributed by atoms with Gasteiger partial charge in [-0.05, 0) is 6.42 Å².